The molecule has 1 aromatic carbocycles. The van der Waals surface area contributed by atoms with Crippen LogP contribution in [-0.4, -0.2) is 23.0 Å². The number of nitrogens with zero attached hydrogens (tertiary/aromatic N) is 1. The lowest BCUT2D eigenvalue weighted by atomic mass is 10.0. The van der Waals surface area contributed by atoms with Gasteiger partial charge in [0, 0.05) is 23.7 Å². The molecule has 0 amide bonds. The average molecular weight is 282 g/mol. The van der Waals surface area contributed by atoms with Gasteiger partial charge in [-0.25, -0.2) is 4.39 Å². The van der Waals surface area contributed by atoms with Crippen molar-refractivity contribution >= 4 is 17.2 Å². The number of nitrogens with two attached hydrogens (primary N) is 1. The van der Waals surface area contributed by atoms with E-state index in [1.165, 1.54) is 6.07 Å². The third-order valence-corrected chi connectivity index (χ3v) is 3.55. The van der Waals surface area contributed by atoms with Crippen LogP contribution < -0.4 is 5.73 Å². The summed E-state index contributed by atoms with van der Waals surface area (Å²) in [6.07, 6.45) is 1.09. The van der Waals surface area contributed by atoms with Gasteiger partial charge in [0.25, 0.3) is 0 Å². The van der Waals surface area contributed by atoms with Crippen LogP contribution in [0.5, 0.6) is 0 Å². The van der Waals surface area contributed by atoms with Crippen LogP contribution in [0, 0.1) is 11.7 Å². The molecule has 0 saturated heterocycles. The minimum absolute atomic E-state index is 0.205. The highest BCUT2D eigenvalue weighted by Gasteiger charge is 2.14. The maximum atomic E-state index is 13.8. The summed E-state index contributed by atoms with van der Waals surface area (Å²) < 4.78 is 13.8. The quantitative estimate of drug-likeness (QED) is 0.812. The summed E-state index contributed by atoms with van der Waals surface area (Å²) >= 11 is 4.93. The minimum Gasteiger partial charge on any atom is -0.389 e. The highest BCUT2D eigenvalue weighted by atomic mass is 32.1. The summed E-state index contributed by atoms with van der Waals surface area (Å²) in [5, 5.41) is 0. The van der Waals surface area contributed by atoms with E-state index in [9.17, 15) is 4.39 Å². The molecule has 4 heteroatoms. The zero-order chi connectivity index (χ0) is 14.6. The molecule has 1 atom stereocenters. The molecule has 0 heterocycles. The number of thiocarbonyl (C=S) groups is 1. The molecule has 0 aromatic heterocycles. The van der Waals surface area contributed by atoms with Gasteiger partial charge in [0.2, 0.25) is 0 Å². The molecular weight excluding hydrogens is 259 g/mol. The lowest BCUT2D eigenvalue weighted by Gasteiger charge is -2.26. The molecule has 0 aliphatic carbocycles. The van der Waals surface area contributed by atoms with E-state index >= 15 is 0 Å². The van der Waals surface area contributed by atoms with Gasteiger partial charge in [-0.1, -0.05) is 26.1 Å². The Labute approximate surface area is 120 Å². The number of rotatable bonds is 6. The van der Waals surface area contributed by atoms with Gasteiger partial charge in [-0.05, 0) is 44.5 Å². The Hall–Kier alpha value is -1.00. The molecule has 0 bridgehead atoms. The fourth-order valence-corrected chi connectivity index (χ4v) is 2.26. The van der Waals surface area contributed by atoms with E-state index in [-0.39, 0.29) is 5.82 Å². The smallest absolute Gasteiger partial charge is 0.127 e. The monoisotopic (exact) mass is 282 g/mol. The maximum Gasteiger partial charge on any atom is 0.127 e. The maximum absolute atomic E-state index is 13.8. The molecule has 2 N–H and O–H groups in total. The van der Waals surface area contributed by atoms with Gasteiger partial charge in [0.05, 0.1) is 0 Å². The molecule has 19 heavy (non-hydrogen) atoms. The number of hydrogen-bond acceptors (Lipinski definition) is 2. The molecular formula is C15H23FN2S. The first-order valence-electron chi connectivity index (χ1n) is 6.59. The van der Waals surface area contributed by atoms with E-state index in [4.69, 9.17) is 18.0 Å². The van der Waals surface area contributed by atoms with Gasteiger partial charge >= 0.3 is 0 Å². The van der Waals surface area contributed by atoms with Crippen LogP contribution >= 0.6 is 12.2 Å². The van der Waals surface area contributed by atoms with Crippen molar-refractivity contribution in [3.8, 4) is 0 Å². The van der Waals surface area contributed by atoms with Crippen molar-refractivity contribution in [3.05, 3.63) is 35.1 Å². The molecule has 106 valence electrons. The van der Waals surface area contributed by atoms with E-state index in [1.54, 1.807) is 12.1 Å². The number of halogens is 1. The third-order valence-electron chi connectivity index (χ3n) is 3.31. The van der Waals surface area contributed by atoms with Crippen molar-refractivity contribution in [2.75, 3.05) is 7.05 Å². The second-order valence-corrected chi connectivity index (χ2v) is 6.00. The lowest BCUT2D eigenvalue weighted by molar-refractivity contribution is 0.218. The van der Waals surface area contributed by atoms with Gasteiger partial charge < -0.3 is 5.73 Å². The summed E-state index contributed by atoms with van der Waals surface area (Å²) in [5.41, 5.74) is 6.95. The topological polar surface area (TPSA) is 29.3 Å². The average Bonchev–Trinajstić information content (AvgIpc) is 2.30. The van der Waals surface area contributed by atoms with E-state index in [1.807, 2.05) is 7.05 Å². The fraction of sp³-hybridized carbons (Fsp3) is 0.533. The molecule has 0 aliphatic rings. The van der Waals surface area contributed by atoms with Crippen LogP contribution in [0.4, 0.5) is 4.39 Å². The van der Waals surface area contributed by atoms with E-state index < -0.39 is 0 Å². The molecule has 0 spiro atoms. The van der Waals surface area contributed by atoms with Crippen molar-refractivity contribution < 1.29 is 4.39 Å². The van der Waals surface area contributed by atoms with Crippen LogP contribution in [0.25, 0.3) is 0 Å². The second-order valence-electron chi connectivity index (χ2n) is 5.56. The Bertz CT molecular complexity index is 446. The molecule has 1 aromatic rings. The minimum atomic E-state index is -0.205. The van der Waals surface area contributed by atoms with Crippen LogP contribution in [-0.2, 0) is 6.54 Å². The number of hydrogen-bond donors (Lipinski definition) is 1. The lowest BCUT2D eigenvalue weighted by Crippen LogP contribution is -2.30. The first-order chi connectivity index (χ1) is 8.81. The second kappa shape index (κ2) is 6.96. The fourth-order valence-electron chi connectivity index (χ4n) is 2.14. The normalized spacial score (nSPS) is 13.0. The Morgan fingerprint density at radius 2 is 2.00 bits per heavy atom. The van der Waals surface area contributed by atoms with Crippen molar-refractivity contribution in [3.63, 3.8) is 0 Å². The van der Waals surface area contributed by atoms with Gasteiger partial charge in [0.15, 0.2) is 0 Å². The zero-order valence-electron chi connectivity index (χ0n) is 12.1. The Kier molecular flexibility index (Phi) is 5.88. The van der Waals surface area contributed by atoms with Gasteiger partial charge in [-0.15, -0.1) is 0 Å². The predicted octanol–water partition coefficient (Wildman–Crippen LogP) is 3.33. The van der Waals surface area contributed by atoms with Crippen LogP contribution in [0.3, 0.4) is 0 Å². The molecule has 0 saturated carbocycles. The summed E-state index contributed by atoms with van der Waals surface area (Å²) in [5.74, 6) is 0.425. The SMILES string of the molecule is CC(C)CC(C)N(C)Cc1cc(C(N)=S)ccc1F. The molecule has 0 fully saturated rings. The van der Waals surface area contributed by atoms with E-state index in [0.29, 0.717) is 29.1 Å². The highest BCUT2D eigenvalue weighted by Crippen LogP contribution is 2.16. The summed E-state index contributed by atoms with van der Waals surface area (Å²) in [4.78, 5) is 2.46. The summed E-state index contributed by atoms with van der Waals surface area (Å²) in [6, 6.07) is 5.22. The van der Waals surface area contributed by atoms with Crippen molar-refractivity contribution in [2.45, 2.75) is 39.8 Å². The first-order valence-corrected chi connectivity index (χ1v) is 7.00. The van der Waals surface area contributed by atoms with Gasteiger partial charge in [0.1, 0.15) is 10.8 Å². The largest absolute Gasteiger partial charge is 0.389 e. The Morgan fingerprint density at radius 1 is 1.37 bits per heavy atom. The summed E-state index contributed by atoms with van der Waals surface area (Å²) in [6.45, 7) is 7.11. The Balaban J connectivity index is 2.80. The predicted molar refractivity (Wildman–Crippen MR) is 82.7 cm³/mol. The van der Waals surface area contributed by atoms with Gasteiger partial charge in [-0.3, -0.25) is 4.90 Å². The molecule has 2 nitrogen and oxygen atoms in total. The van der Waals surface area contributed by atoms with Crippen molar-refractivity contribution in [2.24, 2.45) is 11.7 Å². The standard InChI is InChI=1S/C15H23FN2S/c1-10(2)7-11(3)18(4)9-13-8-12(15(17)19)5-6-14(13)16/h5-6,8,10-11H,7,9H2,1-4H3,(H2,17,19). The Morgan fingerprint density at radius 3 is 2.53 bits per heavy atom. The molecule has 1 unspecified atom stereocenters. The highest BCUT2D eigenvalue weighted by molar-refractivity contribution is 7.80. The van der Waals surface area contributed by atoms with Crippen molar-refractivity contribution in [1.82, 2.24) is 4.90 Å². The zero-order valence-corrected chi connectivity index (χ0v) is 12.9. The van der Waals surface area contributed by atoms with Crippen LogP contribution in [0.1, 0.15) is 38.3 Å². The van der Waals surface area contributed by atoms with E-state index in [2.05, 4.69) is 25.7 Å². The van der Waals surface area contributed by atoms with Crippen LogP contribution in [0.2, 0.25) is 0 Å². The molecule has 1 rings (SSSR count). The molecule has 0 radical (unpaired) electrons. The van der Waals surface area contributed by atoms with Crippen molar-refractivity contribution in [1.29, 1.82) is 0 Å². The summed E-state index contributed by atoms with van der Waals surface area (Å²) in [7, 11) is 2.01. The van der Waals surface area contributed by atoms with Crippen LogP contribution in [0.15, 0.2) is 18.2 Å². The van der Waals surface area contributed by atoms with E-state index in [0.717, 1.165) is 12.0 Å². The first kappa shape index (κ1) is 16.1. The van der Waals surface area contributed by atoms with Gasteiger partial charge in [-0.2, -0.15) is 0 Å². The third kappa shape index (κ3) is 4.88. The molecule has 0 aliphatic heterocycles. The number of benzene rings is 1.